The largest absolute Gasteiger partial charge is 0.496 e. The summed E-state index contributed by atoms with van der Waals surface area (Å²) in [6, 6.07) is 4.09. The van der Waals surface area contributed by atoms with E-state index in [1.807, 2.05) is 0 Å². The molecule has 1 heterocycles. The number of carboxylic acid groups (broad SMARTS) is 1. The van der Waals surface area contributed by atoms with Gasteiger partial charge in [-0.15, -0.1) is 0 Å². The number of nitrogens with zero attached hydrogens (tertiary/aromatic N) is 1. The highest BCUT2D eigenvalue weighted by molar-refractivity contribution is 6.00. The summed E-state index contributed by atoms with van der Waals surface area (Å²) in [6.45, 7) is 1.79. The predicted molar refractivity (Wildman–Crippen MR) is 73.9 cm³/mol. The lowest BCUT2D eigenvalue weighted by molar-refractivity contribution is -0.150. The second-order valence-corrected chi connectivity index (χ2v) is 5.31. The zero-order valence-electron chi connectivity index (χ0n) is 12.1. The molecular formula is C15H18FNO4. The number of hydrogen-bond acceptors (Lipinski definition) is 3. The Balaban J connectivity index is 2.45. The molecule has 1 amide bonds. The Kier molecular flexibility index (Phi) is 4.16. The van der Waals surface area contributed by atoms with Gasteiger partial charge in [0.25, 0.3) is 5.91 Å². The van der Waals surface area contributed by atoms with Crippen molar-refractivity contribution in [2.75, 3.05) is 13.7 Å². The third-order valence-electron chi connectivity index (χ3n) is 4.01. The Morgan fingerprint density at radius 1 is 1.38 bits per heavy atom. The number of rotatable bonds is 3. The average molecular weight is 295 g/mol. The second kappa shape index (κ2) is 5.71. The van der Waals surface area contributed by atoms with Crippen molar-refractivity contribution in [3.63, 3.8) is 0 Å². The van der Waals surface area contributed by atoms with E-state index in [1.165, 1.54) is 31.1 Å². The molecule has 1 N–H and O–H groups in total. The molecule has 1 aromatic rings. The number of methoxy groups -OCH3 is 1. The lowest BCUT2D eigenvalue weighted by Crippen LogP contribution is -2.57. The van der Waals surface area contributed by atoms with Crippen LogP contribution in [0.15, 0.2) is 18.2 Å². The van der Waals surface area contributed by atoms with Crippen LogP contribution in [0.1, 0.15) is 36.5 Å². The second-order valence-electron chi connectivity index (χ2n) is 5.31. The topological polar surface area (TPSA) is 66.8 Å². The maximum absolute atomic E-state index is 14.0. The van der Waals surface area contributed by atoms with Crippen LogP contribution in [0.3, 0.4) is 0 Å². The quantitative estimate of drug-likeness (QED) is 0.929. The van der Waals surface area contributed by atoms with Gasteiger partial charge in [0, 0.05) is 6.54 Å². The highest BCUT2D eigenvalue weighted by Crippen LogP contribution is 2.32. The van der Waals surface area contributed by atoms with Crippen molar-refractivity contribution in [3.05, 3.63) is 29.6 Å². The van der Waals surface area contributed by atoms with Crippen molar-refractivity contribution < 1.29 is 23.8 Å². The van der Waals surface area contributed by atoms with Crippen LogP contribution in [0.4, 0.5) is 4.39 Å². The molecule has 1 saturated heterocycles. The highest BCUT2D eigenvalue weighted by Gasteiger charge is 2.45. The molecule has 0 aliphatic carbocycles. The number of likely N-dealkylation sites (tertiary alicyclic amines) is 1. The molecule has 0 aromatic heterocycles. The molecule has 0 bridgehead atoms. The third kappa shape index (κ3) is 2.57. The summed E-state index contributed by atoms with van der Waals surface area (Å²) in [5, 5.41) is 9.44. The summed E-state index contributed by atoms with van der Waals surface area (Å²) in [5.41, 5.74) is -1.53. The molecule has 0 spiro atoms. The molecule has 1 fully saturated rings. The number of aliphatic carboxylic acids is 1. The Hall–Kier alpha value is -2.11. The number of benzene rings is 1. The lowest BCUT2D eigenvalue weighted by atomic mass is 9.87. The van der Waals surface area contributed by atoms with Crippen LogP contribution < -0.4 is 4.74 Å². The van der Waals surface area contributed by atoms with Gasteiger partial charge in [0.2, 0.25) is 0 Å². The number of carbonyl (C=O) groups is 2. The zero-order valence-corrected chi connectivity index (χ0v) is 12.1. The van der Waals surface area contributed by atoms with Gasteiger partial charge in [-0.3, -0.25) is 4.79 Å². The monoisotopic (exact) mass is 295 g/mol. The van der Waals surface area contributed by atoms with E-state index in [-0.39, 0.29) is 11.3 Å². The minimum atomic E-state index is -1.32. The van der Waals surface area contributed by atoms with Crippen molar-refractivity contribution in [3.8, 4) is 5.75 Å². The van der Waals surface area contributed by atoms with Crippen LogP contribution in [-0.4, -0.2) is 41.1 Å². The van der Waals surface area contributed by atoms with Gasteiger partial charge in [0.1, 0.15) is 22.7 Å². The Morgan fingerprint density at radius 2 is 2.10 bits per heavy atom. The average Bonchev–Trinajstić information content (AvgIpc) is 2.46. The number of halogens is 1. The number of hydrogen-bond donors (Lipinski definition) is 1. The minimum absolute atomic E-state index is 0.110. The van der Waals surface area contributed by atoms with Crippen molar-refractivity contribution in [2.45, 2.75) is 31.7 Å². The maximum atomic E-state index is 14.0. The fourth-order valence-corrected chi connectivity index (χ4v) is 2.69. The van der Waals surface area contributed by atoms with Gasteiger partial charge in [-0.25, -0.2) is 9.18 Å². The molecule has 5 nitrogen and oxygen atoms in total. The van der Waals surface area contributed by atoms with Crippen LogP contribution in [-0.2, 0) is 4.79 Å². The Labute approximate surface area is 122 Å². The van der Waals surface area contributed by atoms with E-state index in [0.717, 1.165) is 12.5 Å². The molecule has 6 heteroatoms. The summed E-state index contributed by atoms with van der Waals surface area (Å²) < 4.78 is 19.1. The first-order valence-corrected chi connectivity index (χ1v) is 6.79. The van der Waals surface area contributed by atoms with Crippen LogP contribution in [0.2, 0.25) is 0 Å². The fourth-order valence-electron chi connectivity index (χ4n) is 2.69. The Bertz CT molecular complexity index is 575. The fraction of sp³-hybridized carbons (Fsp3) is 0.467. The van der Waals surface area contributed by atoms with Gasteiger partial charge in [-0.2, -0.15) is 0 Å². The first-order valence-electron chi connectivity index (χ1n) is 6.79. The molecule has 1 aliphatic rings. The molecular weight excluding hydrogens is 277 g/mol. The zero-order chi connectivity index (χ0) is 15.6. The molecule has 0 radical (unpaired) electrons. The number of carbonyl (C=O) groups excluding carboxylic acids is 1. The van der Waals surface area contributed by atoms with Crippen molar-refractivity contribution in [2.24, 2.45) is 0 Å². The van der Waals surface area contributed by atoms with E-state index in [9.17, 15) is 19.1 Å². The van der Waals surface area contributed by atoms with E-state index in [4.69, 9.17) is 4.74 Å². The van der Waals surface area contributed by atoms with Gasteiger partial charge < -0.3 is 14.7 Å². The lowest BCUT2D eigenvalue weighted by Gasteiger charge is -2.41. The molecule has 1 atom stereocenters. The van der Waals surface area contributed by atoms with Crippen LogP contribution in [0.5, 0.6) is 5.75 Å². The van der Waals surface area contributed by atoms with E-state index in [2.05, 4.69) is 0 Å². The van der Waals surface area contributed by atoms with E-state index < -0.39 is 23.2 Å². The third-order valence-corrected chi connectivity index (χ3v) is 4.01. The van der Waals surface area contributed by atoms with Gasteiger partial charge in [-0.05, 0) is 38.3 Å². The first-order chi connectivity index (χ1) is 9.91. The normalized spacial score (nSPS) is 22.0. The van der Waals surface area contributed by atoms with Crippen LogP contribution in [0, 0.1) is 5.82 Å². The highest BCUT2D eigenvalue weighted by atomic mass is 19.1. The summed E-state index contributed by atoms with van der Waals surface area (Å²) in [5.74, 6) is -2.32. The number of amides is 1. The number of piperidine rings is 1. The summed E-state index contributed by atoms with van der Waals surface area (Å²) in [4.78, 5) is 25.4. The summed E-state index contributed by atoms with van der Waals surface area (Å²) >= 11 is 0. The van der Waals surface area contributed by atoms with Gasteiger partial charge in [0.05, 0.1) is 7.11 Å². The minimum Gasteiger partial charge on any atom is -0.496 e. The summed E-state index contributed by atoms with van der Waals surface area (Å²) in [6.07, 6.45) is 1.78. The standard InChI is InChI=1S/C15H18FNO4/c1-15(14(19)20)8-3-4-9-17(15)13(18)12-10(16)6-5-7-11(12)21-2/h5-7H,3-4,8-9H2,1-2H3,(H,19,20). The van der Waals surface area contributed by atoms with Crippen molar-refractivity contribution in [1.82, 2.24) is 4.90 Å². The molecule has 1 aliphatic heterocycles. The molecule has 114 valence electrons. The first kappa shape index (κ1) is 15.3. The molecule has 1 unspecified atom stereocenters. The molecule has 1 aromatic carbocycles. The summed E-state index contributed by atoms with van der Waals surface area (Å²) in [7, 11) is 1.35. The maximum Gasteiger partial charge on any atom is 0.329 e. The van der Waals surface area contributed by atoms with E-state index >= 15 is 0 Å². The number of carboxylic acids is 1. The van der Waals surface area contributed by atoms with E-state index in [1.54, 1.807) is 0 Å². The molecule has 0 saturated carbocycles. The molecule has 21 heavy (non-hydrogen) atoms. The smallest absolute Gasteiger partial charge is 0.329 e. The van der Waals surface area contributed by atoms with E-state index in [0.29, 0.717) is 19.4 Å². The van der Waals surface area contributed by atoms with Gasteiger partial charge in [0.15, 0.2) is 0 Å². The molecule has 2 rings (SSSR count). The van der Waals surface area contributed by atoms with Crippen LogP contribution in [0.25, 0.3) is 0 Å². The SMILES string of the molecule is COc1cccc(F)c1C(=O)N1CCCCC1(C)C(=O)O. The van der Waals surface area contributed by atoms with Gasteiger partial charge in [-0.1, -0.05) is 6.07 Å². The Morgan fingerprint density at radius 3 is 2.71 bits per heavy atom. The van der Waals surface area contributed by atoms with Gasteiger partial charge >= 0.3 is 5.97 Å². The van der Waals surface area contributed by atoms with Crippen molar-refractivity contribution >= 4 is 11.9 Å². The number of ether oxygens (including phenoxy) is 1. The predicted octanol–water partition coefficient (Wildman–Crippen LogP) is 2.30. The van der Waals surface area contributed by atoms with Crippen LogP contribution >= 0.6 is 0 Å². The van der Waals surface area contributed by atoms with Crippen molar-refractivity contribution in [1.29, 1.82) is 0 Å².